The van der Waals surface area contributed by atoms with Crippen molar-refractivity contribution in [2.45, 2.75) is 19.8 Å². The van der Waals surface area contributed by atoms with Crippen molar-refractivity contribution >= 4 is 17.3 Å². The second-order valence-corrected chi connectivity index (χ2v) is 3.31. The van der Waals surface area contributed by atoms with E-state index in [1.165, 1.54) is 18.4 Å². The maximum atomic E-state index is 11.1. The Labute approximate surface area is 75.4 Å². The second-order valence-electron chi connectivity index (χ2n) is 2.37. The molecule has 0 radical (unpaired) electrons. The predicted molar refractivity (Wildman–Crippen MR) is 47.4 cm³/mol. The van der Waals surface area contributed by atoms with Crippen LogP contribution in [-0.4, -0.2) is 18.1 Å². The molecule has 0 aliphatic carbocycles. The zero-order valence-corrected chi connectivity index (χ0v) is 7.98. The third-order valence-corrected chi connectivity index (χ3v) is 2.39. The zero-order valence-electron chi connectivity index (χ0n) is 7.16. The van der Waals surface area contributed by atoms with Crippen LogP contribution in [0.2, 0.25) is 0 Å². The molecule has 0 atom stereocenters. The summed E-state index contributed by atoms with van der Waals surface area (Å²) in [6, 6.07) is 0. The van der Waals surface area contributed by atoms with E-state index < -0.39 is 0 Å². The Morgan fingerprint density at radius 3 is 3.08 bits per heavy atom. The van der Waals surface area contributed by atoms with Crippen LogP contribution in [0.1, 0.15) is 28.7 Å². The van der Waals surface area contributed by atoms with Gasteiger partial charge >= 0.3 is 5.97 Å². The van der Waals surface area contributed by atoms with E-state index in [0.717, 1.165) is 17.7 Å². The third kappa shape index (κ3) is 1.82. The lowest BCUT2D eigenvalue weighted by Crippen LogP contribution is -2.04. The quantitative estimate of drug-likeness (QED) is 0.675. The van der Waals surface area contributed by atoms with Gasteiger partial charge in [-0.15, -0.1) is 11.3 Å². The normalized spacial score (nSPS) is 9.83. The highest BCUT2D eigenvalue weighted by Gasteiger charge is 2.13. The number of hydrogen-bond donors (Lipinski definition) is 0. The molecule has 12 heavy (non-hydrogen) atoms. The summed E-state index contributed by atoms with van der Waals surface area (Å²) in [5, 5.41) is 0. The summed E-state index contributed by atoms with van der Waals surface area (Å²) in [5.74, 6) is -0.334. The molecular weight excluding hydrogens is 174 g/mol. The fourth-order valence-electron chi connectivity index (χ4n) is 0.938. The van der Waals surface area contributed by atoms with Crippen molar-refractivity contribution in [1.29, 1.82) is 0 Å². The number of nitrogens with zero attached hydrogens (tertiary/aromatic N) is 1. The van der Waals surface area contributed by atoms with Crippen molar-refractivity contribution < 1.29 is 9.53 Å². The van der Waals surface area contributed by atoms with Crippen molar-refractivity contribution in [3.05, 3.63) is 16.1 Å². The molecule has 1 heterocycles. The first-order valence-corrected chi connectivity index (χ1v) is 4.68. The molecule has 1 aromatic rings. The number of esters is 1. The smallest absolute Gasteiger partial charge is 0.357 e. The highest BCUT2D eigenvalue weighted by Crippen LogP contribution is 2.15. The molecule has 0 N–H and O–H groups in total. The lowest BCUT2D eigenvalue weighted by atomic mass is 10.2. The molecule has 0 fully saturated rings. The van der Waals surface area contributed by atoms with Gasteiger partial charge in [0.15, 0.2) is 5.69 Å². The van der Waals surface area contributed by atoms with Gasteiger partial charge in [0.05, 0.1) is 12.6 Å². The average molecular weight is 185 g/mol. The highest BCUT2D eigenvalue weighted by atomic mass is 32.1. The second kappa shape index (κ2) is 4.21. The van der Waals surface area contributed by atoms with E-state index in [9.17, 15) is 4.79 Å². The van der Waals surface area contributed by atoms with Gasteiger partial charge in [0, 0.05) is 4.88 Å². The van der Waals surface area contributed by atoms with Crippen LogP contribution < -0.4 is 0 Å². The monoisotopic (exact) mass is 185 g/mol. The molecule has 0 aliphatic heterocycles. The van der Waals surface area contributed by atoms with Gasteiger partial charge in [0.2, 0.25) is 0 Å². The zero-order chi connectivity index (χ0) is 8.97. The van der Waals surface area contributed by atoms with Crippen molar-refractivity contribution in [2.75, 3.05) is 7.11 Å². The van der Waals surface area contributed by atoms with Gasteiger partial charge in [-0.1, -0.05) is 13.3 Å². The van der Waals surface area contributed by atoms with E-state index in [4.69, 9.17) is 0 Å². The third-order valence-electron chi connectivity index (χ3n) is 1.50. The molecule has 3 nitrogen and oxygen atoms in total. The predicted octanol–water partition coefficient (Wildman–Crippen LogP) is 1.88. The van der Waals surface area contributed by atoms with Gasteiger partial charge in [0.1, 0.15) is 0 Å². The molecule has 1 rings (SSSR count). The Hall–Kier alpha value is -0.900. The fraction of sp³-hybridized carbons (Fsp3) is 0.500. The van der Waals surface area contributed by atoms with Crippen LogP contribution in [-0.2, 0) is 11.2 Å². The lowest BCUT2D eigenvalue weighted by molar-refractivity contribution is 0.0594. The van der Waals surface area contributed by atoms with Crippen molar-refractivity contribution in [3.63, 3.8) is 0 Å². The molecule has 4 heteroatoms. The van der Waals surface area contributed by atoms with Crippen LogP contribution in [0, 0.1) is 0 Å². The van der Waals surface area contributed by atoms with E-state index in [1.54, 1.807) is 5.51 Å². The summed E-state index contributed by atoms with van der Waals surface area (Å²) in [5.41, 5.74) is 2.15. The van der Waals surface area contributed by atoms with E-state index in [2.05, 4.69) is 16.6 Å². The summed E-state index contributed by atoms with van der Waals surface area (Å²) in [7, 11) is 1.37. The molecule has 0 aromatic carbocycles. The number of ether oxygens (including phenoxy) is 1. The molecule has 1 aromatic heterocycles. The van der Waals surface area contributed by atoms with Gasteiger partial charge in [-0.3, -0.25) is 0 Å². The molecule has 0 unspecified atom stereocenters. The number of aromatic nitrogens is 1. The minimum absolute atomic E-state index is 0.334. The van der Waals surface area contributed by atoms with Crippen LogP contribution in [0.15, 0.2) is 5.51 Å². The number of carbonyl (C=O) groups is 1. The Kier molecular flexibility index (Phi) is 3.22. The molecule has 66 valence electrons. The average Bonchev–Trinajstić information content (AvgIpc) is 2.52. The molecular formula is C8H11NO2S. The molecule has 0 saturated heterocycles. The van der Waals surface area contributed by atoms with Crippen LogP contribution in [0.5, 0.6) is 0 Å². The minimum Gasteiger partial charge on any atom is -0.464 e. The van der Waals surface area contributed by atoms with Crippen LogP contribution >= 0.6 is 11.3 Å². The van der Waals surface area contributed by atoms with Crippen LogP contribution in [0.25, 0.3) is 0 Å². The van der Waals surface area contributed by atoms with Gasteiger partial charge in [-0.2, -0.15) is 0 Å². The summed E-state index contributed by atoms with van der Waals surface area (Å²) < 4.78 is 4.59. The Balaban J connectivity index is 2.83. The Bertz CT molecular complexity index is 270. The van der Waals surface area contributed by atoms with Gasteiger partial charge in [0.25, 0.3) is 0 Å². The standard InChI is InChI=1S/C8H11NO2S/c1-3-4-6-7(8(10)11-2)9-5-12-6/h5H,3-4H2,1-2H3. The summed E-state index contributed by atoms with van der Waals surface area (Å²) in [6.07, 6.45) is 1.92. The first kappa shape index (κ1) is 9.19. The van der Waals surface area contributed by atoms with E-state index in [0.29, 0.717) is 5.69 Å². The van der Waals surface area contributed by atoms with Gasteiger partial charge < -0.3 is 4.74 Å². The maximum Gasteiger partial charge on any atom is 0.357 e. The first-order valence-electron chi connectivity index (χ1n) is 3.80. The molecule has 0 aliphatic rings. The fourth-order valence-corrected chi connectivity index (χ4v) is 1.79. The molecule has 0 bridgehead atoms. The maximum absolute atomic E-state index is 11.1. The number of aryl methyl sites for hydroxylation is 1. The highest BCUT2D eigenvalue weighted by molar-refractivity contribution is 7.09. The number of methoxy groups -OCH3 is 1. The first-order chi connectivity index (χ1) is 5.79. The van der Waals surface area contributed by atoms with Crippen molar-refractivity contribution in [1.82, 2.24) is 4.98 Å². The topological polar surface area (TPSA) is 39.2 Å². The van der Waals surface area contributed by atoms with Crippen LogP contribution in [0.4, 0.5) is 0 Å². The molecule has 0 amide bonds. The number of hydrogen-bond acceptors (Lipinski definition) is 4. The van der Waals surface area contributed by atoms with Crippen molar-refractivity contribution in [2.24, 2.45) is 0 Å². The van der Waals surface area contributed by atoms with E-state index in [-0.39, 0.29) is 5.97 Å². The van der Waals surface area contributed by atoms with Gasteiger partial charge in [-0.05, 0) is 6.42 Å². The van der Waals surface area contributed by atoms with Crippen LogP contribution in [0.3, 0.4) is 0 Å². The molecule has 0 spiro atoms. The number of carbonyl (C=O) groups excluding carboxylic acids is 1. The Morgan fingerprint density at radius 2 is 2.50 bits per heavy atom. The lowest BCUT2D eigenvalue weighted by Gasteiger charge is -1.97. The number of rotatable bonds is 3. The largest absolute Gasteiger partial charge is 0.464 e. The van der Waals surface area contributed by atoms with Gasteiger partial charge in [-0.25, -0.2) is 9.78 Å². The minimum atomic E-state index is -0.334. The Morgan fingerprint density at radius 1 is 1.75 bits per heavy atom. The SMILES string of the molecule is CCCc1scnc1C(=O)OC. The summed E-state index contributed by atoms with van der Waals surface area (Å²) in [4.78, 5) is 16.1. The molecule has 0 saturated carbocycles. The van der Waals surface area contributed by atoms with E-state index in [1.807, 2.05) is 0 Å². The van der Waals surface area contributed by atoms with E-state index >= 15 is 0 Å². The summed E-state index contributed by atoms with van der Waals surface area (Å²) >= 11 is 1.51. The van der Waals surface area contributed by atoms with Crippen molar-refractivity contribution in [3.8, 4) is 0 Å². The number of thiazole rings is 1. The summed E-state index contributed by atoms with van der Waals surface area (Å²) in [6.45, 7) is 2.07.